The van der Waals surface area contributed by atoms with Gasteiger partial charge in [-0.05, 0) is 44.0 Å². The molecule has 0 aliphatic carbocycles. The Morgan fingerprint density at radius 2 is 2.12 bits per heavy atom. The van der Waals surface area contributed by atoms with Gasteiger partial charge in [0, 0.05) is 18.1 Å². The number of nitrogens with two attached hydrogens (primary N) is 1. The van der Waals surface area contributed by atoms with Crippen LogP contribution in [0.5, 0.6) is 0 Å². The maximum absolute atomic E-state index is 5.55. The van der Waals surface area contributed by atoms with Crippen LogP contribution in [-0.2, 0) is 6.42 Å². The van der Waals surface area contributed by atoms with Gasteiger partial charge in [-0.3, -0.25) is 0 Å². The Hall–Kier alpha value is -1.61. The largest absolute Gasteiger partial charge is 0.330 e. The van der Waals surface area contributed by atoms with Crippen LogP contribution >= 0.6 is 0 Å². The summed E-state index contributed by atoms with van der Waals surface area (Å²) < 4.78 is 2.10. The van der Waals surface area contributed by atoms with E-state index in [4.69, 9.17) is 5.73 Å². The van der Waals surface area contributed by atoms with Crippen molar-refractivity contribution in [2.75, 3.05) is 6.54 Å². The predicted octanol–water partition coefficient (Wildman–Crippen LogP) is 1.99. The van der Waals surface area contributed by atoms with Crippen molar-refractivity contribution < 1.29 is 0 Å². The van der Waals surface area contributed by atoms with Gasteiger partial charge in [-0.15, -0.1) is 0 Å². The van der Waals surface area contributed by atoms with Crippen molar-refractivity contribution in [1.82, 2.24) is 9.55 Å². The van der Waals surface area contributed by atoms with Crippen molar-refractivity contribution in [3.05, 3.63) is 47.5 Å². The van der Waals surface area contributed by atoms with Crippen LogP contribution in [0.3, 0.4) is 0 Å². The SMILES string of the molecule is Cc1cc(CCN)ccc1-n1ccnc1C. The Kier molecular flexibility index (Phi) is 3.06. The maximum atomic E-state index is 5.55. The molecule has 0 saturated carbocycles. The molecule has 1 aromatic heterocycles. The highest BCUT2D eigenvalue weighted by molar-refractivity contribution is 5.43. The van der Waals surface area contributed by atoms with Crippen LogP contribution in [-0.4, -0.2) is 16.1 Å². The fourth-order valence-electron chi connectivity index (χ4n) is 1.94. The highest BCUT2D eigenvalue weighted by atomic mass is 15.1. The molecular formula is C13H17N3. The first-order valence-electron chi connectivity index (χ1n) is 5.52. The lowest BCUT2D eigenvalue weighted by Crippen LogP contribution is -2.04. The minimum atomic E-state index is 0.697. The van der Waals surface area contributed by atoms with Crippen molar-refractivity contribution in [1.29, 1.82) is 0 Å². The Morgan fingerprint density at radius 1 is 1.31 bits per heavy atom. The fraction of sp³-hybridized carbons (Fsp3) is 0.308. The van der Waals surface area contributed by atoms with Crippen molar-refractivity contribution in [3.8, 4) is 5.69 Å². The van der Waals surface area contributed by atoms with Gasteiger partial charge >= 0.3 is 0 Å². The Bertz CT molecular complexity index is 486. The quantitative estimate of drug-likeness (QED) is 0.851. The molecule has 0 unspecified atom stereocenters. The van der Waals surface area contributed by atoms with Crippen LogP contribution in [0.15, 0.2) is 30.6 Å². The van der Waals surface area contributed by atoms with Gasteiger partial charge in [0.15, 0.2) is 0 Å². The lowest BCUT2D eigenvalue weighted by molar-refractivity contribution is 0.943. The van der Waals surface area contributed by atoms with E-state index in [0.717, 1.165) is 12.2 Å². The number of benzene rings is 1. The summed E-state index contributed by atoms with van der Waals surface area (Å²) in [7, 11) is 0. The van der Waals surface area contributed by atoms with E-state index in [-0.39, 0.29) is 0 Å². The van der Waals surface area contributed by atoms with Gasteiger partial charge in [-0.1, -0.05) is 12.1 Å². The smallest absolute Gasteiger partial charge is 0.110 e. The van der Waals surface area contributed by atoms with Crippen molar-refractivity contribution >= 4 is 0 Å². The molecule has 0 saturated heterocycles. The van der Waals surface area contributed by atoms with E-state index < -0.39 is 0 Å². The van der Waals surface area contributed by atoms with E-state index in [1.807, 2.05) is 19.3 Å². The second kappa shape index (κ2) is 4.49. The molecule has 0 atom stereocenters. The molecule has 0 spiro atoms. The minimum Gasteiger partial charge on any atom is -0.330 e. The summed E-state index contributed by atoms with van der Waals surface area (Å²) in [6, 6.07) is 6.46. The lowest BCUT2D eigenvalue weighted by atomic mass is 10.1. The fourth-order valence-corrected chi connectivity index (χ4v) is 1.94. The zero-order valence-corrected chi connectivity index (χ0v) is 9.77. The molecule has 0 fully saturated rings. The first-order valence-corrected chi connectivity index (χ1v) is 5.52. The molecule has 0 aliphatic rings. The number of imidazole rings is 1. The van der Waals surface area contributed by atoms with E-state index in [2.05, 4.69) is 34.7 Å². The second-order valence-corrected chi connectivity index (χ2v) is 4.00. The minimum absolute atomic E-state index is 0.697. The topological polar surface area (TPSA) is 43.8 Å². The van der Waals surface area contributed by atoms with E-state index >= 15 is 0 Å². The van der Waals surface area contributed by atoms with Gasteiger partial charge in [0.2, 0.25) is 0 Å². The zero-order chi connectivity index (χ0) is 11.5. The standard InChI is InChI=1S/C13H17N3/c1-10-9-12(5-6-14)3-4-13(10)16-8-7-15-11(16)2/h3-4,7-9H,5-6,14H2,1-2H3. The summed E-state index contributed by atoms with van der Waals surface area (Å²) in [5.41, 5.74) is 9.29. The molecule has 1 aromatic carbocycles. The molecule has 2 N–H and O–H groups in total. The van der Waals surface area contributed by atoms with Gasteiger partial charge in [0.25, 0.3) is 0 Å². The average molecular weight is 215 g/mol. The van der Waals surface area contributed by atoms with Gasteiger partial charge in [-0.25, -0.2) is 4.98 Å². The first-order chi connectivity index (χ1) is 7.72. The van der Waals surface area contributed by atoms with Gasteiger partial charge in [-0.2, -0.15) is 0 Å². The summed E-state index contributed by atoms with van der Waals surface area (Å²) in [6.45, 7) is 4.82. The normalized spacial score (nSPS) is 10.7. The third kappa shape index (κ3) is 1.99. The molecule has 0 aliphatic heterocycles. The molecule has 1 heterocycles. The highest BCUT2D eigenvalue weighted by Gasteiger charge is 2.04. The molecule has 2 rings (SSSR count). The number of rotatable bonds is 3. The molecule has 16 heavy (non-hydrogen) atoms. The van der Waals surface area contributed by atoms with E-state index in [1.54, 1.807) is 0 Å². The van der Waals surface area contributed by atoms with Crippen molar-refractivity contribution in [2.24, 2.45) is 5.73 Å². The number of aryl methyl sites for hydroxylation is 2. The van der Waals surface area contributed by atoms with Gasteiger partial charge in [0.05, 0.1) is 0 Å². The number of hydrogen-bond acceptors (Lipinski definition) is 2. The average Bonchev–Trinajstić information content (AvgIpc) is 2.65. The summed E-state index contributed by atoms with van der Waals surface area (Å²) in [6.07, 6.45) is 4.74. The van der Waals surface area contributed by atoms with Gasteiger partial charge in [0.1, 0.15) is 5.82 Å². The van der Waals surface area contributed by atoms with Crippen LogP contribution in [0.4, 0.5) is 0 Å². The molecule has 3 heteroatoms. The molecular weight excluding hydrogens is 198 g/mol. The molecule has 0 amide bonds. The van der Waals surface area contributed by atoms with Gasteiger partial charge < -0.3 is 10.3 Å². The zero-order valence-electron chi connectivity index (χ0n) is 9.77. The van der Waals surface area contributed by atoms with E-state index in [9.17, 15) is 0 Å². The third-order valence-corrected chi connectivity index (χ3v) is 2.78. The maximum Gasteiger partial charge on any atom is 0.110 e. The summed E-state index contributed by atoms with van der Waals surface area (Å²) >= 11 is 0. The van der Waals surface area contributed by atoms with Crippen LogP contribution in [0.25, 0.3) is 5.69 Å². The Balaban J connectivity index is 2.40. The molecule has 3 nitrogen and oxygen atoms in total. The highest BCUT2D eigenvalue weighted by Crippen LogP contribution is 2.17. The second-order valence-electron chi connectivity index (χ2n) is 4.00. The first kappa shape index (κ1) is 10.9. The summed E-state index contributed by atoms with van der Waals surface area (Å²) in [5, 5.41) is 0. The molecule has 0 radical (unpaired) electrons. The van der Waals surface area contributed by atoms with Crippen LogP contribution < -0.4 is 5.73 Å². The number of hydrogen-bond donors (Lipinski definition) is 1. The van der Waals surface area contributed by atoms with Crippen LogP contribution in [0.1, 0.15) is 17.0 Å². The molecule has 0 bridgehead atoms. The third-order valence-electron chi connectivity index (χ3n) is 2.78. The van der Waals surface area contributed by atoms with Crippen LogP contribution in [0.2, 0.25) is 0 Å². The molecule has 84 valence electrons. The van der Waals surface area contributed by atoms with Crippen molar-refractivity contribution in [2.45, 2.75) is 20.3 Å². The van der Waals surface area contributed by atoms with Crippen LogP contribution in [0, 0.1) is 13.8 Å². The number of aromatic nitrogens is 2. The van der Waals surface area contributed by atoms with E-state index in [0.29, 0.717) is 6.54 Å². The number of nitrogens with zero attached hydrogens (tertiary/aromatic N) is 2. The monoisotopic (exact) mass is 215 g/mol. The Morgan fingerprint density at radius 3 is 2.69 bits per heavy atom. The summed E-state index contributed by atoms with van der Waals surface area (Å²) in [4.78, 5) is 4.24. The van der Waals surface area contributed by atoms with Crippen molar-refractivity contribution in [3.63, 3.8) is 0 Å². The predicted molar refractivity (Wildman–Crippen MR) is 65.8 cm³/mol. The van der Waals surface area contributed by atoms with E-state index in [1.165, 1.54) is 16.8 Å². The Labute approximate surface area is 95.9 Å². The molecule has 2 aromatic rings. The summed E-state index contributed by atoms with van der Waals surface area (Å²) in [5.74, 6) is 1.01. The lowest BCUT2D eigenvalue weighted by Gasteiger charge is -2.10.